The minimum Gasteiger partial charge on any atom is -0.459 e. The molecule has 0 aromatic heterocycles. The molecule has 0 saturated carbocycles. The number of hydrogen-bond acceptors (Lipinski definition) is 6. The summed E-state index contributed by atoms with van der Waals surface area (Å²) in [4.78, 5) is 51.8. The third kappa shape index (κ3) is 5.60. The van der Waals surface area contributed by atoms with Crippen molar-refractivity contribution < 1.29 is 23.9 Å². The molecule has 9 heteroatoms. The Labute approximate surface area is 225 Å². The lowest BCUT2D eigenvalue weighted by atomic mass is 10.1. The molecule has 4 rings (SSSR count). The molecule has 3 amide bonds. The molecule has 0 fully saturated rings. The fourth-order valence-electron chi connectivity index (χ4n) is 3.78. The molecule has 1 heterocycles. The number of amides is 3. The van der Waals surface area contributed by atoms with Crippen LogP contribution < -0.4 is 15.5 Å². The summed E-state index contributed by atoms with van der Waals surface area (Å²) in [7, 11) is 0. The second kappa shape index (κ2) is 10.9. The van der Waals surface area contributed by atoms with E-state index in [0.29, 0.717) is 16.9 Å². The molecule has 0 spiro atoms. The summed E-state index contributed by atoms with van der Waals surface area (Å²) in [5.41, 5.74) is 4.01. The number of rotatable bonds is 7. The van der Waals surface area contributed by atoms with Gasteiger partial charge in [0.2, 0.25) is 0 Å². The highest BCUT2D eigenvalue weighted by atomic mass is 35.5. The van der Waals surface area contributed by atoms with E-state index in [1.165, 1.54) is 24.3 Å². The van der Waals surface area contributed by atoms with E-state index in [9.17, 15) is 19.2 Å². The van der Waals surface area contributed by atoms with E-state index in [0.717, 1.165) is 16.0 Å². The summed E-state index contributed by atoms with van der Waals surface area (Å²) in [5, 5.41) is 5.45. The summed E-state index contributed by atoms with van der Waals surface area (Å²) in [5.74, 6) is -2.21. The Balaban J connectivity index is 1.49. The molecule has 0 saturated heterocycles. The lowest BCUT2D eigenvalue weighted by molar-refractivity contribution is -0.120. The lowest BCUT2D eigenvalue weighted by Crippen LogP contribution is -2.32. The van der Waals surface area contributed by atoms with E-state index in [1.54, 1.807) is 38.1 Å². The second-order valence-corrected chi connectivity index (χ2v) is 9.47. The molecule has 1 aliphatic rings. The number of esters is 1. The van der Waals surface area contributed by atoms with Crippen LogP contribution in [0.2, 0.25) is 0 Å². The zero-order valence-corrected chi connectivity index (χ0v) is 22.1. The first-order valence-corrected chi connectivity index (χ1v) is 12.3. The van der Waals surface area contributed by atoms with Crippen LogP contribution >= 0.6 is 11.6 Å². The van der Waals surface area contributed by atoms with Gasteiger partial charge in [0.05, 0.1) is 17.4 Å². The van der Waals surface area contributed by atoms with E-state index < -0.39 is 17.8 Å². The predicted molar refractivity (Wildman–Crippen MR) is 146 cm³/mol. The van der Waals surface area contributed by atoms with Gasteiger partial charge in [-0.1, -0.05) is 23.7 Å². The number of benzene rings is 3. The van der Waals surface area contributed by atoms with Crippen molar-refractivity contribution in [3.8, 4) is 0 Å². The number of aryl methyl sites for hydroxylation is 2. The lowest BCUT2D eigenvalue weighted by Gasteiger charge is -2.16. The number of nitrogens with one attached hydrogen (secondary N) is 2. The minimum absolute atomic E-state index is 0.119. The Kier molecular flexibility index (Phi) is 7.64. The average Bonchev–Trinajstić information content (AvgIpc) is 3.09. The quantitative estimate of drug-likeness (QED) is 0.305. The smallest absolute Gasteiger partial charge is 0.338 e. The van der Waals surface area contributed by atoms with Crippen molar-refractivity contribution in [1.29, 1.82) is 0 Å². The summed E-state index contributed by atoms with van der Waals surface area (Å²) in [6.07, 6.45) is -0.281. The van der Waals surface area contributed by atoms with Crippen molar-refractivity contribution >= 4 is 52.4 Å². The van der Waals surface area contributed by atoms with Gasteiger partial charge in [-0.25, -0.2) is 9.69 Å². The first-order valence-electron chi connectivity index (χ1n) is 11.9. The van der Waals surface area contributed by atoms with Gasteiger partial charge >= 0.3 is 5.97 Å². The summed E-state index contributed by atoms with van der Waals surface area (Å²) in [6.45, 7) is 7.43. The van der Waals surface area contributed by atoms with Gasteiger partial charge in [0.15, 0.2) is 0 Å². The normalized spacial score (nSPS) is 13.3. The van der Waals surface area contributed by atoms with Gasteiger partial charge in [0, 0.05) is 16.9 Å². The van der Waals surface area contributed by atoms with Crippen molar-refractivity contribution in [2.45, 2.75) is 33.8 Å². The van der Waals surface area contributed by atoms with E-state index in [1.807, 2.05) is 32.0 Å². The molecule has 0 radical (unpaired) electrons. The number of carbonyl (C=O) groups excluding carboxylic acids is 4. The van der Waals surface area contributed by atoms with Crippen molar-refractivity contribution in [3.05, 3.63) is 99.7 Å². The molecule has 2 N–H and O–H groups in total. The standard InChI is InChI=1S/C29H26ClN3O5/c1-16(2)38-29(37)19-9-12-23(13-10-19)33-27(35)24(30)25(28(33)36)31-21-7-5-6-20(15-21)26(34)32-22-11-8-17(3)18(4)14-22/h5-16,31H,1-4H3,(H,32,34). The summed E-state index contributed by atoms with van der Waals surface area (Å²) >= 11 is 6.25. The maximum Gasteiger partial charge on any atom is 0.338 e. The fraction of sp³-hybridized carbons (Fsp3) is 0.172. The van der Waals surface area contributed by atoms with Gasteiger partial charge in [0.25, 0.3) is 17.7 Å². The second-order valence-electron chi connectivity index (χ2n) is 9.09. The third-order valence-electron chi connectivity index (χ3n) is 5.89. The maximum atomic E-state index is 13.1. The molecule has 0 unspecified atom stereocenters. The Morgan fingerprint density at radius 3 is 2.21 bits per heavy atom. The van der Waals surface area contributed by atoms with Gasteiger partial charge in [-0.15, -0.1) is 0 Å². The SMILES string of the molecule is Cc1ccc(NC(=O)c2cccc(NC3=C(Cl)C(=O)N(c4ccc(C(=O)OC(C)C)cc4)C3=O)c2)cc1C. The zero-order valence-electron chi connectivity index (χ0n) is 21.3. The van der Waals surface area contributed by atoms with E-state index in [-0.39, 0.29) is 34.0 Å². The minimum atomic E-state index is -0.708. The van der Waals surface area contributed by atoms with Crippen LogP contribution in [0.1, 0.15) is 45.7 Å². The number of anilines is 3. The molecule has 0 aliphatic carbocycles. The molecule has 0 bridgehead atoms. The van der Waals surface area contributed by atoms with Gasteiger partial charge < -0.3 is 15.4 Å². The van der Waals surface area contributed by atoms with Gasteiger partial charge in [-0.05, 0) is 93.4 Å². The monoisotopic (exact) mass is 531 g/mol. The molecular formula is C29H26ClN3O5. The number of ether oxygens (including phenoxy) is 1. The highest BCUT2D eigenvalue weighted by Crippen LogP contribution is 2.30. The van der Waals surface area contributed by atoms with Crippen LogP contribution in [0.4, 0.5) is 17.1 Å². The Morgan fingerprint density at radius 1 is 0.842 bits per heavy atom. The molecule has 1 aliphatic heterocycles. The topological polar surface area (TPSA) is 105 Å². The predicted octanol–water partition coefficient (Wildman–Crippen LogP) is 5.56. The Hall–Kier alpha value is -4.43. The van der Waals surface area contributed by atoms with Crippen LogP contribution in [-0.2, 0) is 14.3 Å². The highest BCUT2D eigenvalue weighted by Gasteiger charge is 2.39. The van der Waals surface area contributed by atoms with Crippen LogP contribution in [0.15, 0.2) is 77.5 Å². The van der Waals surface area contributed by atoms with Crippen LogP contribution in [0.25, 0.3) is 0 Å². The molecule has 3 aromatic rings. The number of imide groups is 1. The third-order valence-corrected chi connectivity index (χ3v) is 6.24. The molecular weight excluding hydrogens is 506 g/mol. The maximum absolute atomic E-state index is 13.1. The van der Waals surface area contributed by atoms with Crippen LogP contribution in [0.5, 0.6) is 0 Å². The van der Waals surface area contributed by atoms with Crippen LogP contribution in [0, 0.1) is 13.8 Å². The molecule has 38 heavy (non-hydrogen) atoms. The summed E-state index contributed by atoms with van der Waals surface area (Å²) in [6, 6.07) is 18.0. The first-order chi connectivity index (χ1) is 18.0. The van der Waals surface area contributed by atoms with E-state index in [4.69, 9.17) is 16.3 Å². The van der Waals surface area contributed by atoms with E-state index in [2.05, 4.69) is 10.6 Å². The van der Waals surface area contributed by atoms with Gasteiger partial charge in [-0.2, -0.15) is 0 Å². The van der Waals surface area contributed by atoms with Crippen molar-refractivity contribution in [2.75, 3.05) is 15.5 Å². The molecule has 8 nitrogen and oxygen atoms in total. The Morgan fingerprint density at radius 2 is 1.55 bits per heavy atom. The molecule has 194 valence electrons. The van der Waals surface area contributed by atoms with Crippen LogP contribution in [0.3, 0.4) is 0 Å². The Bertz CT molecular complexity index is 1480. The average molecular weight is 532 g/mol. The number of carbonyl (C=O) groups is 4. The fourth-order valence-corrected chi connectivity index (χ4v) is 3.99. The highest BCUT2D eigenvalue weighted by molar-refractivity contribution is 6.53. The number of hydrogen-bond donors (Lipinski definition) is 2. The summed E-state index contributed by atoms with van der Waals surface area (Å²) < 4.78 is 5.16. The van der Waals surface area contributed by atoms with Crippen molar-refractivity contribution in [2.24, 2.45) is 0 Å². The van der Waals surface area contributed by atoms with Crippen molar-refractivity contribution in [3.63, 3.8) is 0 Å². The van der Waals surface area contributed by atoms with Crippen molar-refractivity contribution in [1.82, 2.24) is 0 Å². The molecule has 3 aromatic carbocycles. The van der Waals surface area contributed by atoms with Gasteiger partial charge in [0.1, 0.15) is 10.7 Å². The largest absolute Gasteiger partial charge is 0.459 e. The van der Waals surface area contributed by atoms with Crippen LogP contribution in [-0.4, -0.2) is 29.8 Å². The zero-order chi connectivity index (χ0) is 27.6. The first kappa shape index (κ1) is 26.6. The number of halogens is 1. The molecule has 0 atom stereocenters. The van der Waals surface area contributed by atoms with E-state index >= 15 is 0 Å². The van der Waals surface area contributed by atoms with Gasteiger partial charge in [-0.3, -0.25) is 14.4 Å². The number of nitrogens with zero attached hydrogens (tertiary/aromatic N) is 1.